The molecule has 1 rings (SSSR count). The van der Waals surface area contributed by atoms with Gasteiger partial charge in [-0.1, -0.05) is 0 Å². The maximum absolute atomic E-state index is 11.8. The van der Waals surface area contributed by atoms with Crippen molar-refractivity contribution >= 4 is 17.6 Å². The summed E-state index contributed by atoms with van der Waals surface area (Å²) in [6.07, 6.45) is 3.79. The molecule has 0 bridgehead atoms. The van der Waals surface area contributed by atoms with Crippen LogP contribution in [0.4, 0.5) is 5.69 Å². The highest BCUT2D eigenvalue weighted by molar-refractivity contribution is 5.93. The number of rotatable bonds is 10. The number of anilines is 1. The first-order valence-corrected chi connectivity index (χ1v) is 7.26. The number of aliphatic carboxylic acids is 1. The Kier molecular flexibility index (Phi) is 8.09. The molecule has 1 aromatic rings. The Bertz CT molecular complexity index is 465. The molecule has 0 radical (unpaired) electrons. The largest absolute Gasteiger partial charge is 0.480 e. The van der Waals surface area contributed by atoms with E-state index in [1.54, 1.807) is 18.3 Å². The van der Waals surface area contributed by atoms with Gasteiger partial charge in [0.1, 0.15) is 6.04 Å². The number of carboxylic acids is 1. The Morgan fingerprint density at radius 3 is 2.77 bits per heavy atom. The highest BCUT2D eigenvalue weighted by Gasteiger charge is 2.20. The van der Waals surface area contributed by atoms with E-state index in [9.17, 15) is 9.59 Å². The van der Waals surface area contributed by atoms with Crippen molar-refractivity contribution in [3.63, 3.8) is 0 Å². The zero-order chi connectivity index (χ0) is 16.4. The zero-order valence-electron chi connectivity index (χ0n) is 12.9. The average Bonchev–Trinajstić information content (AvgIpc) is 2.46. The van der Waals surface area contributed by atoms with Crippen molar-refractivity contribution in [3.8, 4) is 0 Å². The third-order valence-electron chi connectivity index (χ3n) is 2.80. The van der Waals surface area contributed by atoms with Crippen LogP contribution in [0.2, 0.25) is 0 Å². The van der Waals surface area contributed by atoms with Gasteiger partial charge >= 0.3 is 5.97 Å². The molecule has 0 aromatic carbocycles. The van der Waals surface area contributed by atoms with Crippen LogP contribution >= 0.6 is 0 Å². The van der Waals surface area contributed by atoms with Crippen LogP contribution in [0.15, 0.2) is 24.5 Å². The summed E-state index contributed by atoms with van der Waals surface area (Å²) in [6.45, 7) is 4.91. The van der Waals surface area contributed by atoms with Crippen LogP contribution < -0.4 is 10.6 Å². The van der Waals surface area contributed by atoms with Gasteiger partial charge in [0.2, 0.25) is 5.91 Å². The number of nitrogens with one attached hydrogen (secondary N) is 2. The van der Waals surface area contributed by atoms with E-state index < -0.39 is 12.0 Å². The quantitative estimate of drug-likeness (QED) is 0.563. The summed E-state index contributed by atoms with van der Waals surface area (Å²) in [4.78, 5) is 26.9. The summed E-state index contributed by atoms with van der Waals surface area (Å²) in [5.74, 6) is -1.42. The van der Waals surface area contributed by atoms with Gasteiger partial charge in [-0.3, -0.25) is 14.6 Å². The molecule has 0 fully saturated rings. The van der Waals surface area contributed by atoms with Gasteiger partial charge in [-0.15, -0.1) is 0 Å². The van der Waals surface area contributed by atoms with Crippen molar-refractivity contribution in [2.45, 2.75) is 38.8 Å². The van der Waals surface area contributed by atoms with Crippen LogP contribution in [0.1, 0.15) is 26.7 Å². The maximum Gasteiger partial charge on any atom is 0.321 e. The number of ether oxygens (including phenoxy) is 1. The molecule has 122 valence electrons. The lowest BCUT2D eigenvalue weighted by Gasteiger charge is -2.14. The van der Waals surface area contributed by atoms with Gasteiger partial charge in [-0.25, -0.2) is 0 Å². The van der Waals surface area contributed by atoms with Crippen LogP contribution in [0, 0.1) is 0 Å². The number of hydrogen-bond donors (Lipinski definition) is 3. The minimum Gasteiger partial charge on any atom is -0.480 e. The van der Waals surface area contributed by atoms with E-state index in [2.05, 4.69) is 15.6 Å². The first-order chi connectivity index (χ1) is 10.5. The molecule has 0 aliphatic heterocycles. The second-order valence-corrected chi connectivity index (χ2v) is 5.11. The molecule has 22 heavy (non-hydrogen) atoms. The fraction of sp³-hybridized carbons (Fsp3) is 0.533. The predicted octanol–water partition coefficient (Wildman–Crippen LogP) is 1.27. The van der Waals surface area contributed by atoms with Crippen LogP contribution in [-0.2, 0) is 14.3 Å². The summed E-state index contributed by atoms with van der Waals surface area (Å²) >= 11 is 0. The second-order valence-electron chi connectivity index (χ2n) is 5.11. The summed E-state index contributed by atoms with van der Waals surface area (Å²) < 4.78 is 5.37. The molecular formula is C15H23N3O4. The number of aromatic nitrogens is 1. The number of pyridine rings is 1. The number of hydrogen-bond acceptors (Lipinski definition) is 5. The standard InChI is InChI=1S/C15H23N3O4/c1-11(2)22-8-4-7-17-13(15(20)21)9-14(19)18-12-5-3-6-16-10-12/h3,5-6,10-11,13,17H,4,7-9H2,1-2H3,(H,18,19)(H,20,21). The molecule has 7 heteroatoms. The van der Waals surface area contributed by atoms with E-state index in [1.807, 2.05) is 13.8 Å². The van der Waals surface area contributed by atoms with Crippen molar-refractivity contribution in [1.29, 1.82) is 0 Å². The van der Waals surface area contributed by atoms with Crippen molar-refractivity contribution < 1.29 is 19.4 Å². The van der Waals surface area contributed by atoms with Gasteiger partial charge in [-0.05, 0) is 38.9 Å². The SMILES string of the molecule is CC(C)OCCCNC(CC(=O)Nc1cccnc1)C(=O)O. The molecule has 1 aromatic heterocycles. The molecule has 0 aliphatic rings. The third-order valence-corrected chi connectivity index (χ3v) is 2.80. The molecule has 0 saturated heterocycles. The van der Waals surface area contributed by atoms with Crippen LogP contribution in [0.25, 0.3) is 0 Å². The van der Waals surface area contributed by atoms with E-state index in [0.717, 1.165) is 0 Å². The van der Waals surface area contributed by atoms with E-state index in [0.29, 0.717) is 25.3 Å². The molecule has 1 heterocycles. The van der Waals surface area contributed by atoms with Gasteiger partial charge in [-0.2, -0.15) is 0 Å². The first kappa shape index (κ1) is 18.1. The topological polar surface area (TPSA) is 101 Å². The smallest absolute Gasteiger partial charge is 0.321 e. The van der Waals surface area contributed by atoms with Crippen molar-refractivity contribution in [2.24, 2.45) is 0 Å². The van der Waals surface area contributed by atoms with E-state index >= 15 is 0 Å². The molecular weight excluding hydrogens is 286 g/mol. The highest BCUT2D eigenvalue weighted by atomic mass is 16.5. The Labute approximate surface area is 130 Å². The Morgan fingerprint density at radius 1 is 1.41 bits per heavy atom. The maximum atomic E-state index is 11.8. The number of carbonyl (C=O) groups excluding carboxylic acids is 1. The molecule has 0 saturated carbocycles. The van der Waals surface area contributed by atoms with Gasteiger partial charge < -0.3 is 20.5 Å². The van der Waals surface area contributed by atoms with Gasteiger partial charge in [0, 0.05) is 12.8 Å². The lowest BCUT2D eigenvalue weighted by atomic mass is 10.2. The zero-order valence-corrected chi connectivity index (χ0v) is 12.9. The molecule has 3 N–H and O–H groups in total. The molecule has 0 spiro atoms. The molecule has 1 amide bonds. The van der Waals surface area contributed by atoms with Crippen LogP contribution in [0.5, 0.6) is 0 Å². The normalized spacial score (nSPS) is 12.1. The third kappa shape index (κ3) is 7.70. The first-order valence-electron chi connectivity index (χ1n) is 7.26. The van der Waals surface area contributed by atoms with Gasteiger partial charge in [0.05, 0.1) is 24.4 Å². The predicted molar refractivity (Wildman–Crippen MR) is 82.6 cm³/mol. The van der Waals surface area contributed by atoms with Crippen molar-refractivity contribution in [3.05, 3.63) is 24.5 Å². The van der Waals surface area contributed by atoms with E-state index in [4.69, 9.17) is 9.84 Å². The molecule has 1 unspecified atom stereocenters. The van der Waals surface area contributed by atoms with Crippen molar-refractivity contribution in [2.75, 3.05) is 18.5 Å². The van der Waals surface area contributed by atoms with E-state index in [-0.39, 0.29) is 18.4 Å². The summed E-state index contributed by atoms with van der Waals surface area (Å²) in [5, 5.41) is 14.6. The monoisotopic (exact) mass is 309 g/mol. The van der Waals surface area contributed by atoms with Gasteiger partial charge in [0.15, 0.2) is 0 Å². The van der Waals surface area contributed by atoms with Crippen molar-refractivity contribution in [1.82, 2.24) is 10.3 Å². The summed E-state index contributed by atoms with van der Waals surface area (Å²) in [6, 6.07) is 2.46. The Hall–Kier alpha value is -1.99. The Morgan fingerprint density at radius 2 is 2.18 bits per heavy atom. The minimum atomic E-state index is -1.05. The number of carboxylic acid groups (broad SMARTS) is 1. The summed E-state index contributed by atoms with van der Waals surface area (Å²) in [5.41, 5.74) is 0.543. The molecule has 1 atom stereocenters. The fourth-order valence-corrected chi connectivity index (χ4v) is 1.75. The fourth-order valence-electron chi connectivity index (χ4n) is 1.75. The molecule has 7 nitrogen and oxygen atoms in total. The second kappa shape index (κ2) is 9.86. The lowest BCUT2D eigenvalue weighted by molar-refractivity contribution is -0.141. The Balaban J connectivity index is 2.34. The van der Waals surface area contributed by atoms with E-state index in [1.165, 1.54) is 6.20 Å². The summed E-state index contributed by atoms with van der Waals surface area (Å²) in [7, 11) is 0. The lowest BCUT2D eigenvalue weighted by Crippen LogP contribution is -2.40. The number of carbonyl (C=O) groups is 2. The van der Waals surface area contributed by atoms with Crippen LogP contribution in [0.3, 0.4) is 0 Å². The number of amides is 1. The molecule has 0 aliphatic carbocycles. The minimum absolute atomic E-state index is 0.144. The average molecular weight is 309 g/mol. The highest BCUT2D eigenvalue weighted by Crippen LogP contribution is 2.04. The number of nitrogens with zero attached hydrogens (tertiary/aromatic N) is 1. The van der Waals surface area contributed by atoms with Gasteiger partial charge in [0.25, 0.3) is 0 Å². The van der Waals surface area contributed by atoms with Crippen LogP contribution in [-0.4, -0.2) is 47.3 Å².